The smallest absolute Gasteiger partial charge is 0.191 e. The number of para-hydroxylation sites is 1. The van der Waals surface area contributed by atoms with Gasteiger partial charge in [0.25, 0.3) is 0 Å². The molecule has 1 fully saturated rings. The Labute approximate surface area is 144 Å². The molecule has 3 N–H and O–H groups in total. The van der Waals surface area contributed by atoms with Crippen molar-refractivity contribution in [1.82, 2.24) is 20.5 Å². The maximum absolute atomic E-state index is 4.37. The second kappa shape index (κ2) is 8.20. The van der Waals surface area contributed by atoms with Crippen LogP contribution in [0.2, 0.25) is 0 Å². The van der Waals surface area contributed by atoms with Crippen molar-refractivity contribution in [2.24, 2.45) is 4.99 Å². The molecule has 1 aromatic heterocycles. The van der Waals surface area contributed by atoms with Crippen molar-refractivity contribution >= 4 is 16.9 Å². The van der Waals surface area contributed by atoms with Gasteiger partial charge in [0, 0.05) is 37.4 Å². The molecule has 130 valence electrons. The summed E-state index contributed by atoms with van der Waals surface area (Å²) in [5, 5.41) is 8.25. The molecule has 0 unspecified atom stereocenters. The molecule has 2 heterocycles. The SMILES string of the molecule is CCCN1CCC(NC(=NC)NCc2cc3ccccc3[nH]2)CC1. The molecule has 2 aromatic rings. The van der Waals surface area contributed by atoms with E-state index in [0.29, 0.717) is 6.04 Å². The fourth-order valence-electron chi connectivity index (χ4n) is 3.41. The van der Waals surface area contributed by atoms with Crippen molar-refractivity contribution in [3.63, 3.8) is 0 Å². The molecule has 0 bridgehead atoms. The number of nitrogens with zero attached hydrogens (tertiary/aromatic N) is 2. The molecule has 0 spiro atoms. The molecule has 5 heteroatoms. The van der Waals surface area contributed by atoms with Crippen molar-refractivity contribution in [1.29, 1.82) is 0 Å². The van der Waals surface area contributed by atoms with Gasteiger partial charge in [0.2, 0.25) is 0 Å². The fourth-order valence-corrected chi connectivity index (χ4v) is 3.41. The normalized spacial score (nSPS) is 17.3. The van der Waals surface area contributed by atoms with Crippen molar-refractivity contribution in [2.75, 3.05) is 26.7 Å². The van der Waals surface area contributed by atoms with Crippen LogP contribution in [0.1, 0.15) is 31.9 Å². The van der Waals surface area contributed by atoms with Gasteiger partial charge in [0.05, 0.1) is 6.54 Å². The zero-order valence-electron chi connectivity index (χ0n) is 14.8. The Bertz CT molecular complexity index is 634. The van der Waals surface area contributed by atoms with Gasteiger partial charge in [-0.3, -0.25) is 4.99 Å². The number of piperidine rings is 1. The van der Waals surface area contributed by atoms with E-state index in [1.807, 2.05) is 7.05 Å². The van der Waals surface area contributed by atoms with E-state index in [-0.39, 0.29) is 0 Å². The Morgan fingerprint density at radius 1 is 1.29 bits per heavy atom. The molecule has 0 atom stereocenters. The van der Waals surface area contributed by atoms with Gasteiger partial charge in [0.1, 0.15) is 0 Å². The summed E-state index contributed by atoms with van der Waals surface area (Å²) in [7, 11) is 1.84. The van der Waals surface area contributed by atoms with E-state index < -0.39 is 0 Å². The number of guanidine groups is 1. The maximum atomic E-state index is 4.37. The summed E-state index contributed by atoms with van der Waals surface area (Å²) < 4.78 is 0. The van der Waals surface area contributed by atoms with E-state index in [9.17, 15) is 0 Å². The minimum Gasteiger partial charge on any atom is -0.357 e. The summed E-state index contributed by atoms with van der Waals surface area (Å²) in [6.07, 6.45) is 3.62. The highest BCUT2D eigenvalue weighted by molar-refractivity contribution is 5.81. The van der Waals surface area contributed by atoms with E-state index in [2.05, 4.69) is 62.8 Å². The average molecular weight is 327 g/mol. The summed E-state index contributed by atoms with van der Waals surface area (Å²) in [5.41, 5.74) is 2.36. The summed E-state index contributed by atoms with van der Waals surface area (Å²) in [6.45, 7) is 6.60. The first-order chi connectivity index (χ1) is 11.8. The first kappa shape index (κ1) is 16.8. The van der Waals surface area contributed by atoms with Crippen molar-refractivity contribution < 1.29 is 0 Å². The lowest BCUT2D eigenvalue weighted by atomic mass is 10.1. The number of rotatable bonds is 5. The molecule has 3 rings (SSSR count). The molecule has 0 aliphatic carbocycles. The van der Waals surface area contributed by atoms with E-state index in [1.165, 1.54) is 55.5 Å². The number of likely N-dealkylation sites (tertiary alicyclic amines) is 1. The number of hydrogen-bond donors (Lipinski definition) is 3. The molecular formula is C19H29N5. The lowest BCUT2D eigenvalue weighted by molar-refractivity contribution is 0.206. The van der Waals surface area contributed by atoms with Crippen LogP contribution in [0.15, 0.2) is 35.3 Å². The van der Waals surface area contributed by atoms with Gasteiger partial charge in [-0.05, 0) is 43.3 Å². The fraction of sp³-hybridized carbons (Fsp3) is 0.526. The Balaban J connectivity index is 1.48. The van der Waals surface area contributed by atoms with Crippen LogP contribution in [0.4, 0.5) is 0 Å². The van der Waals surface area contributed by atoms with E-state index >= 15 is 0 Å². The van der Waals surface area contributed by atoms with Crippen LogP contribution in [0.25, 0.3) is 10.9 Å². The molecule has 5 nitrogen and oxygen atoms in total. The van der Waals surface area contributed by atoms with E-state index in [1.54, 1.807) is 0 Å². The van der Waals surface area contributed by atoms with Crippen LogP contribution in [-0.2, 0) is 6.54 Å². The molecule has 0 amide bonds. The number of hydrogen-bond acceptors (Lipinski definition) is 2. The van der Waals surface area contributed by atoms with Gasteiger partial charge in [-0.15, -0.1) is 0 Å². The van der Waals surface area contributed by atoms with Gasteiger partial charge in [0.15, 0.2) is 5.96 Å². The zero-order valence-corrected chi connectivity index (χ0v) is 14.8. The van der Waals surface area contributed by atoms with Gasteiger partial charge >= 0.3 is 0 Å². The van der Waals surface area contributed by atoms with Crippen LogP contribution in [0.3, 0.4) is 0 Å². The van der Waals surface area contributed by atoms with Crippen molar-refractivity contribution in [2.45, 2.75) is 38.8 Å². The number of aromatic nitrogens is 1. The molecule has 1 aromatic carbocycles. The molecular weight excluding hydrogens is 298 g/mol. The average Bonchev–Trinajstić information content (AvgIpc) is 3.03. The van der Waals surface area contributed by atoms with Gasteiger partial charge in [-0.2, -0.15) is 0 Å². The van der Waals surface area contributed by atoms with Crippen LogP contribution in [0.5, 0.6) is 0 Å². The number of benzene rings is 1. The summed E-state index contributed by atoms with van der Waals surface area (Å²) >= 11 is 0. The highest BCUT2D eigenvalue weighted by Crippen LogP contribution is 2.14. The Morgan fingerprint density at radius 2 is 2.08 bits per heavy atom. The quantitative estimate of drug-likeness (QED) is 0.585. The van der Waals surface area contributed by atoms with E-state index in [0.717, 1.165) is 12.5 Å². The zero-order chi connectivity index (χ0) is 16.8. The molecule has 24 heavy (non-hydrogen) atoms. The van der Waals surface area contributed by atoms with Crippen molar-refractivity contribution in [3.8, 4) is 0 Å². The molecule has 0 radical (unpaired) electrons. The second-order valence-corrected chi connectivity index (χ2v) is 6.57. The number of fused-ring (bicyclic) bond motifs is 1. The Kier molecular flexibility index (Phi) is 5.75. The first-order valence-electron chi connectivity index (χ1n) is 9.04. The summed E-state index contributed by atoms with van der Waals surface area (Å²) in [6, 6.07) is 11.1. The predicted octanol–water partition coefficient (Wildman–Crippen LogP) is 2.71. The lowest BCUT2D eigenvalue weighted by Crippen LogP contribution is -2.48. The van der Waals surface area contributed by atoms with Crippen LogP contribution < -0.4 is 10.6 Å². The topological polar surface area (TPSA) is 55.4 Å². The number of aromatic amines is 1. The minimum absolute atomic E-state index is 0.520. The van der Waals surface area contributed by atoms with Gasteiger partial charge in [-0.1, -0.05) is 25.1 Å². The van der Waals surface area contributed by atoms with Gasteiger partial charge in [-0.25, -0.2) is 0 Å². The second-order valence-electron chi connectivity index (χ2n) is 6.57. The summed E-state index contributed by atoms with van der Waals surface area (Å²) in [4.78, 5) is 10.4. The third-order valence-electron chi connectivity index (χ3n) is 4.72. The third-order valence-corrected chi connectivity index (χ3v) is 4.72. The maximum Gasteiger partial charge on any atom is 0.191 e. The number of nitrogens with one attached hydrogen (secondary N) is 3. The van der Waals surface area contributed by atoms with Gasteiger partial charge < -0.3 is 20.5 Å². The number of aliphatic imine (C=N–C) groups is 1. The molecule has 0 saturated carbocycles. The van der Waals surface area contributed by atoms with Crippen LogP contribution in [0, 0.1) is 0 Å². The standard InChI is InChI=1S/C19H29N5/c1-3-10-24-11-8-16(9-12-24)23-19(20-2)21-14-17-13-15-6-4-5-7-18(15)22-17/h4-7,13,16,22H,3,8-12,14H2,1-2H3,(H2,20,21,23). The molecule has 1 aliphatic heterocycles. The molecule has 1 saturated heterocycles. The number of H-pyrrole nitrogens is 1. The largest absolute Gasteiger partial charge is 0.357 e. The van der Waals surface area contributed by atoms with Crippen LogP contribution >= 0.6 is 0 Å². The summed E-state index contributed by atoms with van der Waals surface area (Å²) in [5.74, 6) is 0.891. The highest BCUT2D eigenvalue weighted by atomic mass is 15.2. The Morgan fingerprint density at radius 3 is 2.79 bits per heavy atom. The predicted molar refractivity (Wildman–Crippen MR) is 101 cm³/mol. The van der Waals surface area contributed by atoms with E-state index in [4.69, 9.17) is 0 Å². The Hall–Kier alpha value is -2.01. The van der Waals surface area contributed by atoms with Crippen LogP contribution in [-0.4, -0.2) is 48.6 Å². The third kappa shape index (κ3) is 4.29. The van der Waals surface area contributed by atoms with Crippen molar-refractivity contribution in [3.05, 3.63) is 36.0 Å². The minimum atomic E-state index is 0.520. The highest BCUT2D eigenvalue weighted by Gasteiger charge is 2.19. The first-order valence-corrected chi connectivity index (χ1v) is 9.04. The molecule has 1 aliphatic rings. The lowest BCUT2D eigenvalue weighted by Gasteiger charge is -2.32. The monoisotopic (exact) mass is 327 g/mol.